The molecular formula is C11H16ClNO2S. The van der Waals surface area contributed by atoms with Crippen molar-refractivity contribution in [2.24, 2.45) is 0 Å². The molecule has 16 heavy (non-hydrogen) atoms. The molecule has 1 unspecified atom stereocenters. The summed E-state index contributed by atoms with van der Waals surface area (Å²) in [5, 5.41) is -0.148. The number of halogens is 1. The standard InChI is InChI=1S/C11H16ClNO2S/c1-13-16(14,15)8-7-11(12)9-10-5-3-2-4-6-10/h2-6,11,13H,7-9H2,1H3. The lowest BCUT2D eigenvalue weighted by molar-refractivity contribution is 0.584. The maximum Gasteiger partial charge on any atom is 0.211 e. The Morgan fingerprint density at radius 3 is 2.50 bits per heavy atom. The second kappa shape index (κ2) is 6.23. The van der Waals surface area contributed by atoms with Gasteiger partial charge in [0.2, 0.25) is 10.0 Å². The van der Waals surface area contributed by atoms with E-state index in [0.29, 0.717) is 12.8 Å². The molecule has 1 aromatic carbocycles. The number of alkyl halides is 1. The first-order chi connectivity index (χ1) is 7.53. The Labute approximate surface area is 102 Å². The van der Waals surface area contributed by atoms with Crippen LogP contribution in [0.3, 0.4) is 0 Å². The Hall–Kier alpha value is -0.580. The van der Waals surface area contributed by atoms with Gasteiger partial charge in [0, 0.05) is 5.38 Å². The van der Waals surface area contributed by atoms with Gasteiger partial charge in [0.1, 0.15) is 0 Å². The van der Waals surface area contributed by atoms with E-state index in [4.69, 9.17) is 11.6 Å². The normalized spacial score (nSPS) is 13.6. The summed E-state index contributed by atoms with van der Waals surface area (Å²) < 4.78 is 24.6. The van der Waals surface area contributed by atoms with Gasteiger partial charge in [-0.1, -0.05) is 30.3 Å². The van der Waals surface area contributed by atoms with E-state index in [1.807, 2.05) is 30.3 Å². The molecule has 0 spiro atoms. The van der Waals surface area contributed by atoms with Crippen LogP contribution >= 0.6 is 11.6 Å². The lowest BCUT2D eigenvalue weighted by Crippen LogP contribution is -2.24. The van der Waals surface area contributed by atoms with Crippen LogP contribution in [0.2, 0.25) is 0 Å². The Balaban J connectivity index is 2.40. The smallest absolute Gasteiger partial charge is 0.211 e. The number of hydrogen-bond donors (Lipinski definition) is 1. The van der Waals surface area contributed by atoms with Crippen LogP contribution in [0.25, 0.3) is 0 Å². The summed E-state index contributed by atoms with van der Waals surface area (Å²) in [6.45, 7) is 0. The molecule has 0 aliphatic heterocycles. The molecule has 3 nitrogen and oxygen atoms in total. The van der Waals surface area contributed by atoms with E-state index in [1.165, 1.54) is 7.05 Å². The molecule has 0 radical (unpaired) electrons. The summed E-state index contributed by atoms with van der Waals surface area (Å²) in [5.74, 6) is 0.0739. The summed E-state index contributed by atoms with van der Waals surface area (Å²) in [7, 11) is -1.73. The van der Waals surface area contributed by atoms with Crippen molar-refractivity contribution in [3.05, 3.63) is 35.9 Å². The fourth-order valence-corrected chi connectivity index (χ4v) is 2.57. The Kier molecular flexibility index (Phi) is 5.25. The average molecular weight is 262 g/mol. The Morgan fingerprint density at radius 1 is 1.31 bits per heavy atom. The molecule has 0 aliphatic carbocycles. The highest BCUT2D eigenvalue weighted by molar-refractivity contribution is 7.89. The van der Waals surface area contributed by atoms with Crippen molar-refractivity contribution >= 4 is 21.6 Å². The van der Waals surface area contributed by atoms with Crippen LogP contribution in [0.15, 0.2) is 30.3 Å². The molecule has 0 saturated heterocycles. The van der Waals surface area contributed by atoms with E-state index in [9.17, 15) is 8.42 Å². The molecular weight excluding hydrogens is 246 g/mol. The van der Waals surface area contributed by atoms with Gasteiger partial charge in [0.05, 0.1) is 5.75 Å². The van der Waals surface area contributed by atoms with Crippen molar-refractivity contribution in [3.63, 3.8) is 0 Å². The molecule has 0 fully saturated rings. The number of benzene rings is 1. The highest BCUT2D eigenvalue weighted by Crippen LogP contribution is 2.11. The third-order valence-electron chi connectivity index (χ3n) is 2.31. The van der Waals surface area contributed by atoms with Crippen LogP contribution in [-0.2, 0) is 16.4 Å². The molecule has 0 bridgehead atoms. The van der Waals surface area contributed by atoms with Gasteiger partial charge in [-0.2, -0.15) is 0 Å². The van der Waals surface area contributed by atoms with E-state index in [-0.39, 0.29) is 11.1 Å². The SMILES string of the molecule is CNS(=O)(=O)CCC(Cl)Cc1ccccc1. The number of rotatable bonds is 6. The number of nitrogens with one attached hydrogen (secondary N) is 1. The monoisotopic (exact) mass is 261 g/mol. The Bertz CT molecular complexity index is 405. The molecule has 90 valence electrons. The number of sulfonamides is 1. The Morgan fingerprint density at radius 2 is 1.94 bits per heavy atom. The molecule has 5 heteroatoms. The van der Waals surface area contributed by atoms with Gasteiger partial charge in [-0.3, -0.25) is 0 Å². The van der Waals surface area contributed by atoms with Crippen LogP contribution in [0, 0.1) is 0 Å². The van der Waals surface area contributed by atoms with Crippen LogP contribution in [0.4, 0.5) is 0 Å². The zero-order chi connectivity index (χ0) is 12.0. The van der Waals surface area contributed by atoms with Gasteiger partial charge in [0.25, 0.3) is 0 Å². The fourth-order valence-electron chi connectivity index (χ4n) is 1.36. The van der Waals surface area contributed by atoms with Crippen molar-refractivity contribution in [2.75, 3.05) is 12.8 Å². The summed E-state index contributed by atoms with van der Waals surface area (Å²) in [6.07, 6.45) is 1.15. The van der Waals surface area contributed by atoms with Gasteiger partial charge in [0.15, 0.2) is 0 Å². The molecule has 1 rings (SSSR count). The first-order valence-electron chi connectivity index (χ1n) is 5.13. The molecule has 0 aliphatic rings. The molecule has 1 N–H and O–H groups in total. The highest BCUT2D eigenvalue weighted by atomic mass is 35.5. The minimum absolute atomic E-state index is 0.0739. The second-order valence-corrected chi connectivity index (χ2v) is 6.26. The topological polar surface area (TPSA) is 46.2 Å². The number of hydrogen-bond acceptors (Lipinski definition) is 2. The molecule has 0 aromatic heterocycles. The van der Waals surface area contributed by atoms with E-state index in [1.54, 1.807) is 0 Å². The first-order valence-corrected chi connectivity index (χ1v) is 7.21. The van der Waals surface area contributed by atoms with E-state index >= 15 is 0 Å². The van der Waals surface area contributed by atoms with Crippen LogP contribution in [0.5, 0.6) is 0 Å². The van der Waals surface area contributed by atoms with Crippen molar-refractivity contribution in [3.8, 4) is 0 Å². The summed E-state index contributed by atoms with van der Waals surface area (Å²) in [5.41, 5.74) is 1.13. The predicted octanol–water partition coefficient (Wildman–Crippen LogP) is 1.78. The van der Waals surface area contributed by atoms with E-state index in [0.717, 1.165) is 5.56 Å². The van der Waals surface area contributed by atoms with Crippen molar-refractivity contribution in [1.82, 2.24) is 4.72 Å². The van der Waals surface area contributed by atoms with Crippen molar-refractivity contribution in [1.29, 1.82) is 0 Å². The van der Waals surface area contributed by atoms with Crippen molar-refractivity contribution < 1.29 is 8.42 Å². The van der Waals surface area contributed by atoms with Crippen LogP contribution in [0.1, 0.15) is 12.0 Å². The third-order valence-corrected chi connectivity index (χ3v) is 4.08. The van der Waals surface area contributed by atoms with Crippen molar-refractivity contribution in [2.45, 2.75) is 18.2 Å². The van der Waals surface area contributed by atoms with E-state index in [2.05, 4.69) is 4.72 Å². The van der Waals surface area contributed by atoms with E-state index < -0.39 is 10.0 Å². The summed E-state index contributed by atoms with van der Waals surface area (Å²) >= 11 is 6.09. The van der Waals surface area contributed by atoms with Crippen LogP contribution in [-0.4, -0.2) is 26.6 Å². The summed E-state index contributed by atoms with van der Waals surface area (Å²) in [6, 6.07) is 9.81. The average Bonchev–Trinajstić information content (AvgIpc) is 2.28. The van der Waals surface area contributed by atoms with Gasteiger partial charge < -0.3 is 0 Å². The van der Waals surface area contributed by atoms with Gasteiger partial charge in [-0.05, 0) is 25.5 Å². The zero-order valence-electron chi connectivity index (χ0n) is 9.19. The second-order valence-electron chi connectivity index (χ2n) is 3.60. The molecule has 0 heterocycles. The largest absolute Gasteiger partial charge is 0.218 e. The molecule has 0 saturated carbocycles. The molecule has 1 aromatic rings. The third kappa shape index (κ3) is 4.96. The zero-order valence-corrected chi connectivity index (χ0v) is 10.8. The maximum atomic E-state index is 11.2. The fraction of sp³-hybridized carbons (Fsp3) is 0.455. The predicted molar refractivity (Wildman–Crippen MR) is 67.3 cm³/mol. The highest BCUT2D eigenvalue weighted by Gasteiger charge is 2.12. The lowest BCUT2D eigenvalue weighted by Gasteiger charge is -2.09. The lowest BCUT2D eigenvalue weighted by atomic mass is 10.1. The molecule has 1 atom stereocenters. The first kappa shape index (κ1) is 13.5. The quantitative estimate of drug-likeness (QED) is 0.794. The minimum Gasteiger partial charge on any atom is -0.218 e. The minimum atomic E-state index is -3.14. The van der Waals surface area contributed by atoms with Crippen LogP contribution < -0.4 is 4.72 Å². The van der Waals surface area contributed by atoms with Gasteiger partial charge >= 0.3 is 0 Å². The van der Waals surface area contributed by atoms with Gasteiger partial charge in [-0.25, -0.2) is 13.1 Å². The molecule has 0 amide bonds. The van der Waals surface area contributed by atoms with Gasteiger partial charge in [-0.15, -0.1) is 11.6 Å². The summed E-state index contributed by atoms with van der Waals surface area (Å²) in [4.78, 5) is 0. The maximum absolute atomic E-state index is 11.2.